The average Bonchev–Trinajstić information content (AvgIpc) is 2.47. The van der Waals surface area contributed by atoms with Gasteiger partial charge in [0.2, 0.25) is 10.0 Å². The number of benzene rings is 1. The second-order valence-electron chi connectivity index (χ2n) is 4.84. The largest absolute Gasteiger partial charge is 0.244 e. The molecule has 1 aliphatic heterocycles. The molecule has 0 amide bonds. The SMILES string of the molecule is Cc1cc(S(=O)(=O)N2CCCCC2C#N)ccc1C#N. The predicted molar refractivity (Wildman–Crippen MR) is 73.0 cm³/mol. The molecule has 0 bridgehead atoms. The summed E-state index contributed by atoms with van der Waals surface area (Å²) in [6, 6.07) is 7.92. The fourth-order valence-corrected chi connectivity index (χ4v) is 4.07. The Hall–Kier alpha value is -1.89. The van der Waals surface area contributed by atoms with Crippen LogP contribution < -0.4 is 0 Å². The summed E-state index contributed by atoms with van der Waals surface area (Å²) in [7, 11) is -3.67. The van der Waals surface area contributed by atoms with Gasteiger partial charge in [-0.25, -0.2) is 8.42 Å². The minimum Gasteiger partial charge on any atom is -0.207 e. The number of piperidine rings is 1. The minimum atomic E-state index is -3.67. The molecular weight excluding hydrogens is 274 g/mol. The van der Waals surface area contributed by atoms with Crippen LogP contribution >= 0.6 is 0 Å². The van der Waals surface area contributed by atoms with Crippen LogP contribution in [0.3, 0.4) is 0 Å². The van der Waals surface area contributed by atoms with E-state index in [1.54, 1.807) is 6.92 Å². The Balaban J connectivity index is 2.42. The van der Waals surface area contributed by atoms with Crippen LogP contribution in [0.15, 0.2) is 23.1 Å². The molecule has 1 heterocycles. The van der Waals surface area contributed by atoms with E-state index in [0.29, 0.717) is 24.1 Å². The van der Waals surface area contributed by atoms with E-state index in [1.165, 1.54) is 22.5 Å². The monoisotopic (exact) mass is 289 g/mol. The third-order valence-electron chi connectivity index (χ3n) is 3.53. The van der Waals surface area contributed by atoms with Crippen molar-refractivity contribution in [1.82, 2.24) is 4.31 Å². The maximum absolute atomic E-state index is 12.6. The van der Waals surface area contributed by atoms with Crippen LogP contribution in [-0.4, -0.2) is 25.3 Å². The van der Waals surface area contributed by atoms with Crippen molar-refractivity contribution in [3.63, 3.8) is 0 Å². The van der Waals surface area contributed by atoms with Crippen LogP contribution in [-0.2, 0) is 10.0 Å². The first-order chi connectivity index (χ1) is 9.50. The highest BCUT2D eigenvalue weighted by Crippen LogP contribution is 2.26. The van der Waals surface area contributed by atoms with Crippen LogP contribution in [0.5, 0.6) is 0 Å². The van der Waals surface area contributed by atoms with Crippen LogP contribution in [0.4, 0.5) is 0 Å². The molecule has 0 radical (unpaired) electrons. The molecule has 0 aromatic heterocycles. The number of hydrogen-bond acceptors (Lipinski definition) is 4. The quantitative estimate of drug-likeness (QED) is 0.832. The maximum atomic E-state index is 12.6. The molecule has 1 aromatic rings. The Morgan fingerprint density at radius 1 is 1.30 bits per heavy atom. The van der Waals surface area contributed by atoms with Gasteiger partial charge in [0.25, 0.3) is 0 Å². The lowest BCUT2D eigenvalue weighted by Crippen LogP contribution is -2.42. The van der Waals surface area contributed by atoms with Crippen molar-refractivity contribution in [3.05, 3.63) is 29.3 Å². The van der Waals surface area contributed by atoms with E-state index in [1.807, 2.05) is 6.07 Å². The first kappa shape index (κ1) is 14.5. The zero-order chi connectivity index (χ0) is 14.8. The maximum Gasteiger partial charge on any atom is 0.244 e. The Bertz CT molecular complexity index is 698. The van der Waals surface area contributed by atoms with E-state index in [0.717, 1.165) is 12.8 Å². The molecule has 104 valence electrons. The van der Waals surface area contributed by atoms with Gasteiger partial charge in [-0.2, -0.15) is 14.8 Å². The fourth-order valence-electron chi connectivity index (χ4n) is 2.38. The Kier molecular flexibility index (Phi) is 4.08. The van der Waals surface area contributed by atoms with Gasteiger partial charge >= 0.3 is 0 Å². The Morgan fingerprint density at radius 3 is 2.65 bits per heavy atom. The highest BCUT2D eigenvalue weighted by atomic mass is 32.2. The summed E-state index contributed by atoms with van der Waals surface area (Å²) in [6.07, 6.45) is 2.22. The molecule has 1 saturated heterocycles. The number of rotatable bonds is 2. The van der Waals surface area contributed by atoms with E-state index in [9.17, 15) is 8.42 Å². The van der Waals surface area contributed by atoms with Gasteiger partial charge in [0.05, 0.1) is 22.6 Å². The van der Waals surface area contributed by atoms with Crippen molar-refractivity contribution >= 4 is 10.0 Å². The number of sulfonamides is 1. The zero-order valence-corrected chi connectivity index (χ0v) is 12.0. The summed E-state index contributed by atoms with van der Waals surface area (Å²) in [6.45, 7) is 2.08. The number of aryl methyl sites for hydroxylation is 1. The summed E-state index contributed by atoms with van der Waals surface area (Å²) in [5.74, 6) is 0. The molecule has 1 atom stereocenters. The average molecular weight is 289 g/mol. The van der Waals surface area contributed by atoms with Crippen molar-refractivity contribution in [1.29, 1.82) is 10.5 Å². The molecule has 6 heteroatoms. The summed E-state index contributed by atoms with van der Waals surface area (Å²) >= 11 is 0. The number of nitrogens with zero attached hydrogens (tertiary/aromatic N) is 3. The molecule has 20 heavy (non-hydrogen) atoms. The summed E-state index contributed by atoms with van der Waals surface area (Å²) in [5, 5.41) is 18.0. The van der Waals surface area contributed by atoms with Gasteiger partial charge in [0, 0.05) is 6.54 Å². The highest BCUT2D eigenvalue weighted by molar-refractivity contribution is 7.89. The van der Waals surface area contributed by atoms with Crippen molar-refractivity contribution in [2.24, 2.45) is 0 Å². The number of nitriles is 2. The molecule has 0 aliphatic carbocycles. The topological polar surface area (TPSA) is 85.0 Å². The Labute approximate surface area is 119 Å². The normalized spacial score (nSPS) is 20.1. The van der Waals surface area contributed by atoms with Gasteiger partial charge < -0.3 is 0 Å². The van der Waals surface area contributed by atoms with Crippen molar-refractivity contribution in [3.8, 4) is 12.1 Å². The van der Waals surface area contributed by atoms with Gasteiger partial charge in [-0.15, -0.1) is 0 Å². The van der Waals surface area contributed by atoms with E-state index in [4.69, 9.17) is 10.5 Å². The second-order valence-corrected chi connectivity index (χ2v) is 6.74. The third kappa shape index (κ3) is 2.53. The second kappa shape index (κ2) is 5.62. The number of hydrogen-bond donors (Lipinski definition) is 0. The van der Waals surface area contributed by atoms with Gasteiger partial charge in [-0.05, 0) is 49.9 Å². The lowest BCUT2D eigenvalue weighted by atomic mass is 10.1. The zero-order valence-electron chi connectivity index (χ0n) is 11.2. The smallest absolute Gasteiger partial charge is 0.207 e. The molecule has 1 aliphatic rings. The lowest BCUT2D eigenvalue weighted by molar-refractivity contribution is 0.297. The van der Waals surface area contributed by atoms with Crippen LogP contribution in [0, 0.1) is 29.6 Å². The van der Waals surface area contributed by atoms with Gasteiger partial charge in [0.1, 0.15) is 6.04 Å². The van der Waals surface area contributed by atoms with Crippen molar-refractivity contribution < 1.29 is 8.42 Å². The molecule has 0 saturated carbocycles. The van der Waals surface area contributed by atoms with E-state index >= 15 is 0 Å². The van der Waals surface area contributed by atoms with Crippen molar-refractivity contribution in [2.75, 3.05) is 6.54 Å². The van der Waals surface area contributed by atoms with Gasteiger partial charge in [-0.1, -0.05) is 0 Å². The summed E-state index contributed by atoms with van der Waals surface area (Å²) in [5.41, 5.74) is 1.08. The van der Waals surface area contributed by atoms with Crippen LogP contribution in [0.25, 0.3) is 0 Å². The van der Waals surface area contributed by atoms with Crippen molar-refractivity contribution in [2.45, 2.75) is 37.1 Å². The first-order valence-electron chi connectivity index (χ1n) is 6.43. The molecule has 0 spiro atoms. The van der Waals surface area contributed by atoms with Crippen LogP contribution in [0.1, 0.15) is 30.4 Å². The third-order valence-corrected chi connectivity index (χ3v) is 5.43. The predicted octanol–water partition coefficient (Wildman–Crippen LogP) is 1.93. The van der Waals surface area contributed by atoms with E-state index in [2.05, 4.69) is 6.07 Å². The first-order valence-corrected chi connectivity index (χ1v) is 7.87. The molecule has 1 unspecified atom stereocenters. The lowest BCUT2D eigenvalue weighted by Gasteiger charge is -2.30. The molecule has 2 rings (SSSR count). The van der Waals surface area contributed by atoms with Crippen LogP contribution in [0.2, 0.25) is 0 Å². The summed E-state index contributed by atoms with van der Waals surface area (Å²) < 4.78 is 26.5. The molecule has 1 fully saturated rings. The van der Waals surface area contributed by atoms with Gasteiger partial charge in [-0.3, -0.25) is 0 Å². The Morgan fingerprint density at radius 2 is 2.05 bits per heavy atom. The standard InChI is InChI=1S/C14H15N3O2S/c1-11-8-14(6-5-12(11)9-15)20(18,19)17-7-3-2-4-13(17)10-16/h5-6,8,13H,2-4,7H2,1H3. The molecular formula is C14H15N3O2S. The fraction of sp³-hybridized carbons (Fsp3) is 0.429. The van der Waals surface area contributed by atoms with E-state index in [-0.39, 0.29) is 4.90 Å². The van der Waals surface area contributed by atoms with Gasteiger partial charge in [0.15, 0.2) is 0 Å². The molecule has 1 aromatic carbocycles. The molecule has 5 nitrogen and oxygen atoms in total. The van der Waals surface area contributed by atoms with E-state index < -0.39 is 16.1 Å². The summed E-state index contributed by atoms with van der Waals surface area (Å²) in [4.78, 5) is 0.149. The molecule has 0 N–H and O–H groups in total. The minimum absolute atomic E-state index is 0.149. The highest BCUT2D eigenvalue weighted by Gasteiger charge is 2.33.